The summed E-state index contributed by atoms with van der Waals surface area (Å²) in [5.74, 6) is 1.06. The van der Waals surface area contributed by atoms with E-state index in [1.165, 1.54) is 64.6 Å². The molecule has 3 fully saturated rings. The zero-order valence-corrected chi connectivity index (χ0v) is 9.75. The molecule has 1 aliphatic heterocycles. The number of hydrogen-bond acceptors (Lipinski definition) is 2. The van der Waals surface area contributed by atoms with Crippen LogP contribution in [0.15, 0.2) is 0 Å². The third-order valence-electron chi connectivity index (χ3n) is 4.17. The Hall–Kier alpha value is -0.0800. The van der Waals surface area contributed by atoms with E-state index in [-0.39, 0.29) is 0 Å². The minimum Gasteiger partial charge on any atom is -0.315 e. The summed E-state index contributed by atoms with van der Waals surface area (Å²) in [4.78, 5) is 2.86. The molecule has 0 spiro atoms. The van der Waals surface area contributed by atoms with Gasteiger partial charge in [-0.3, -0.25) is 4.90 Å². The molecule has 2 heteroatoms. The Morgan fingerprint density at radius 2 is 1.80 bits per heavy atom. The molecule has 1 unspecified atom stereocenters. The fraction of sp³-hybridized carbons (Fsp3) is 1.00. The van der Waals surface area contributed by atoms with Crippen LogP contribution in [0, 0.1) is 5.92 Å². The quantitative estimate of drug-likeness (QED) is 0.760. The van der Waals surface area contributed by atoms with Crippen molar-refractivity contribution in [3.63, 3.8) is 0 Å². The van der Waals surface area contributed by atoms with Crippen molar-refractivity contribution in [2.45, 2.75) is 57.0 Å². The Morgan fingerprint density at radius 3 is 2.53 bits per heavy atom. The average molecular weight is 208 g/mol. The molecule has 15 heavy (non-hydrogen) atoms. The van der Waals surface area contributed by atoms with Crippen LogP contribution >= 0.6 is 0 Å². The summed E-state index contributed by atoms with van der Waals surface area (Å²) in [6.45, 7) is 3.92. The largest absolute Gasteiger partial charge is 0.315 e. The van der Waals surface area contributed by atoms with Crippen LogP contribution in [-0.4, -0.2) is 36.6 Å². The van der Waals surface area contributed by atoms with Crippen LogP contribution in [0.25, 0.3) is 0 Å². The van der Waals surface area contributed by atoms with E-state index in [4.69, 9.17) is 0 Å². The van der Waals surface area contributed by atoms with Crippen LogP contribution in [0.5, 0.6) is 0 Å². The van der Waals surface area contributed by atoms with Gasteiger partial charge >= 0.3 is 0 Å². The predicted molar refractivity (Wildman–Crippen MR) is 63.0 cm³/mol. The van der Waals surface area contributed by atoms with E-state index in [1.807, 2.05) is 0 Å². The molecule has 0 radical (unpaired) electrons. The fourth-order valence-corrected chi connectivity index (χ4v) is 2.88. The van der Waals surface area contributed by atoms with Crippen molar-refractivity contribution >= 4 is 0 Å². The van der Waals surface area contributed by atoms with Crippen molar-refractivity contribution in [1.29, 1.82) is 0 Å². The van der Waals surface area contributed by atoms with Gasteiger partial charge in [-0.2, -0.15) is 0 Å². The zero-order chi connectivity index (χ0) is 10.1. The van der Waals surface area contributed by atoms with E-state index >= 15 is 0 Å². The summed E-state index contributed by atoms with van der Waals surface area (Å²) >= 11 is 0. The molecule has 0 amide bonds. The molecule has 2 aliphatic carbocycles. The van der Waals surface area contributed by atoms with Crippen LogP contribution in [0.3, 0.4) is 0 Å². The molecular formula is C13H24N2. The first kappa shape index (κ1) is 10.1. The summed E-state index contributed by atoms with van der Waals surface area (Å²) in [5.41, 5.74) is 0. The molecule has 1 heterocycles. The van der Waals surface area contributed by atoms with Crippen LogP contribution in [-0.2, 0) is 0 Å². The Labute approximate surface area is 93.4 Å². The van der Waals surface area contributed by atoms with Gasteiger partial charge in [-0.1, -0.05) is 6.42 Å². The zero-order valence-electron chi connectivity index (χ0n) is 9.75. The Kier molecular flexibility index (Phi) is 2.98. The molecule has 0 aromatic rings. The SMILES string of the molecule is C1CCC(N(CC2CC2)C2CC2)CNC1. The van der Waals surface area contributed by atoms with Crippen molar-refractivity contribution in [2.24, 2.45) is 5.92 Å². The lowest BCUT2D eigenvalue weighted by Crippen LogP contribution is -2.43. The van der Waals surface area contributed by atoms with Crippen molar-refractivity contribution in [2.75, 3.05) is 19.6 Å². The maximum Gasteiger partial charge on any atom is 0.0223 e. The van der Waals surface area contributed by atoms with Crippen LogP contribution in [0.2, 0.25) is 0 Å². The second-order valence-electron chi connectivity index (χ2n) is 5.73. The lowest BCUT2D eigenvalue weighted by molar-refractivity contribution is 0.169. The van der Waals surface area contributed by atoms with Gasteiger partial charge in [-0.05, 0) is 51.0 Å². The molecule has 2 nitrogen and oxygen atoms in total. The van der Waals surface area contributed by atoms with Gasteiger partial charge in [-0.25, -0.2) is 0 Å². The smallest absolute Gasteiger partial charge is 0.0223 e. The van der Waals surface area contributed by atoms with E-state index in [1.54, 1.807) is 0 Å². The third-order valence-corrected chi connectivity index (χ3v) is 4.17. The molecule has 3 aliphatic rings. The highest BCUT2D eigenvalue weighted by Gasteiger charge is 2.37. The van der Waals surface area contributed by atoms with Crippen molar-refractivity contribution in [3.8, 4) is 0 Å². The Bertz CT molecular complexity index is 201. The number of nitrogens with zero attached hydrogens (tertiary/aromatic N) is 1. The topological polar surface area (TPSA) is 15.3 Å². The summed E-state index contributed by atoms with van der Waals surface area (Å²) in [7, 11) is 0. The normalized spacial score (nSPS) is 33.0. The molecule has 0 aromatic heterocycles. The van der Waals surface area contributed by atoms with Gasteiger partial charge in [0.25, 0.3) is 0 Å². The first-order chi connectivity index (χ1) is 7.43. The van der Waals surface area contributed by atoms with E-state index in [9.17, 15) is 0 Å². The van der Waals surface area contributed by atoms with Crippen LogP contribution in [0.1, 0.15) is 44.9 Å². The average Bonchev–Trinajstić information content (AvgIpc) is 3.08. The van der Waals surface area contributed by atoms with E-state index < -0.39 is 0 Å². The van der Waals surface area contributed by atoms with Crippen molar-refractivity contribution < 1.29 is 0 Å². The molecule has 86 valence electrons. The monoisotopic (exact) mass is 208 g/mol. The summed E-state index contributed by atoms with van der Waals surface area (Å²) in [6.07, 6.45) is 10.2. The highest BCUT2D eigenvalue weighted by molar-refractivity contribution is 4.93. The summed E-state index contributed by atoms with van der Waals surface area (Å²) < 4.78 is 0. The highest BCUT2D eigenvalue weighted by atomic mass is 15.2. The minimum atomic E-state index is 0.862. The van der Waals surface area contributed by atoms with Crippen LogP contribution < -0.4 is 5.32 Å². The lowest BCUT2D eigenvalue weighted by atomic mass is 10.1. The molecule has 0 aromatic carbocycles. The molecule has 3 rings (SSSR count). The highest BCUT2D eigenvalue weighted by Crippen LogP contribution is 2.36. The first-order valence-corrected chi connectivity index (χ1v) is 6.90. The van der Waals surface area contributed by atoms with Gasteiger partial charge in [0.05, 0.1) is 0 Å². The van der Waals surface area contributed by atoms with Crippen LogP contribution in [0.4, 0.5) is 0 Å². The lowest BCUT2D eigenvalue weighted by Gasteiger charge is -2.31. The molecule has 1 atom stereocenters. The standard InChI is InChI=1S/C13H24N2/c1-2-8-14-9-13(3-1)15(12-6-7-12)10-11-4-5-11/h11-14H,1-10H2. The summed E-state index contributed by atoms with van der Waals surface area (Å²) in [5, 5.41) is 3.61. The molecule has 1 saturated heterocycles. The van der Waals surface area contributed by atoms with Gasteiger partial charge in [-0.15, -0.1) is 0 Å². The van der Waals surface area contributed by atoms with E-state index in [0.717, 1.165) is 18.0 Å². The second-order valence-corrected chi connectivity index (χ2v) is 5.73. The van der Waals surface area contributed by atoms with Gasteiger partial charge in [0.2, 0.25) is 0 Å². The molecule has 0 bridgehead atoms. The molecular weight excluding hydrogens is 184 g/mol. The predicted octanol–water partition coefficient (Wildman–Crippen LogP) is 2.00. The number of rotatable bonds is 4. The fourth-order valence-electron chi connectivity index (χ4n) is 2.88. The second kappa shape index (κ2) is 4.42. The van der Waals surface area contributed by atoms with Gasteiger partial charge in [0, 0.05) is 25.2 Å². The van der Waals surface area contributed by atoms with E-state index in [0.29, 0.717) is 0 Å². The van der Waals surface area contributed by atoms with Gasteiger partial charge in [0.1, 0.15) is 0 Å². The Balaban J connectivity index is 1.58. The number of hydrogen-bond donors (Lipinski definition) is 1. The van der Waals surface area contributed by atoms with Crippen molar-refractivity contribution in [3.05, 3.63) is 0 Å². The third kappa shape index (κ3) is 2.73. The molecule has 2 saturated carbocycles. The van der Waals surface area contributed by atoms with Gasteiger partial charge in [0.15, 0.2) is 0 Å². The number of nitrogens with one attached hydrogen (secondary N) is 1. The van der Waals surface area contributed by atoms with Crippen molar-refractivity contribution in [1.82, 2.24) is 10.2 Å². The minimum absolute atomic E-state index is 0.862. The maximum atomic E-state index is 3.61. The Morgan fingerprint density at radius 1 is 0.933 bits per heavy atom. The first-order valence-electron chi connectivity index (χ1n) is 6.90. The van der Waals surface area contributed by atoms with E-state index in [2.05, 4.69) is 10.2 Å². The molecule has 1 N–H and O–H groups in total. The maximum absolute atomic E-state index is 3.61. The summed E-state index contributed by atoms with van der Waals surface area (Å²) in [6, 6.07) is 1.83. The van der Waals surface area contributed by atoms with Gasteiger partial charge < -0.3 is 5.32 Å².